The summed E-state index contributed by atoms with van der Waals surface area (Å²) in [5.41, 5.74) is 2.04. The number of aliphatic hydroxyl groups excluding tert-OH is 1. The largest absolute Gasteiger partial charge is 1.00 e. The first-order valence-corrected chi connectivity index (χ1v) is 12.6. The number of nitrogens with one attached hydrogen (secondary N) is 1. The lowest BCUT2D eigenvalue weighted by atomic mass is 10.1. The average molecular weight is 407 g/mol. The molecule has 0 unspecified atom stereocenters. The molecule has 0 aliphatic carbocycles. The van der Waals surface area contributed by atoms with Gasteiger partial charge >= 0.3 is 0 Å². The maximum atomic E-state index is 12.2. The maximum Gasteiger partial charge on any atom is 0.252 e. The van der Waals surface area contributed by atoms with Crippen molar-refractivity contribution in [3.8, 4) is 0 Å². The number of aliphatic hydroxyl groups is 1. The van der Waals surface area contributed by atoms with Gasteiger partial charge in [-0.15, -0.1) is 17.9 Å². The van der Waals surface area contributed by atoms with Crippen molar-refractivity contribution >= 4 is 29.8 Å². The number of thiophene rings is 1. The highest BCUT2D eigenvalue weighted by Gasteiger charge is 2.28. The fourth-order valence-electron chi connectivity index (χ4n) is 1.98. The Morgan fingerprint density at radius 3 is 2.12 bits per heavy atom. The molecule has 0 radical (unpaired) electrons. The molecule has 25 heavy (non-hydrogen) atoms. The average Bonchev–Trinajstić information content (AvgIpc) is 2.72. The Balaban J connectivity index is 0. The summed E-state index contributed by atoms with van der Waals surface area (Å²) < 4.78 is 2.14. The van der Waals surface area contributed by atoms with Gasteiger partial charge in [0.05, 0.1) is 41.4 Å². The Kier molecular flexibility index (Phi) is 11.8. The molecule has 0 atom stereocenters. The van der Waals surface area contributed by atoms with Crippen LogP contribution in [0.1, 0.15) is 20.8 Å². The molecule has 146 valence electrons. The summed E-state index contributed by atoms with van der Waals surface area (Å²) in [6, 6.07) is 0. The summed E-state index contributed by atoms with van der Waals surface area (Å²) in [7, 11) is 4.70. The topological polar surface area (TPSA) is 49.3 Å². The highest BCUT2D eigenvalue weighted by Crippen LogP contribution is 2.22. The smallest absolute Gasteiger partial charge is 0.252 e. The third kappa shape index (κ3) is 9.56. The quantitative estimate of drug-likeness (QED) is 0.380. The molecule has 0 saturated heterocycles. The summed E-state index contributed by atoms with van der Waals surface area (Å²) in [6.45, 7) is 16.2. The number of hydrogen-bond donors (Lipinski definition) is 2. The molecule has 0 spiro atoms. The number of likely N-dealkylation sites (N-methyl/N-ethyl adjacent to an activating group) is 1. The summed E-state index contributed by atoms with van der Waals surface area (Å²) in [5, 5.41) is 11.3. The first-order valence-electron chi connectivity index (χ1n) is 8.26. The van der Waals surface area contributed by atoms with E-state index in [1.54, 1.807) is 17.4 Å². The minimum atomic E-state index is -1.46. The standard InChI is InChI=1S/C13H21NOSSi.C5H14NO.ClH/c1-7-8-14-12(15)11-9(2)10(3)16-13(11)17(4,5)6;1-6(2,3)4-5-7;/h7H,1,8H2,2-6H3,(H,14,15);7H,4-5H2,1-3H3;1H/q;+1;/p-1. The molecule has 2 N–H and O–H groups in total. The van der Waals surface area contributed by atoms with Crippen molar-refractivity contribution in [3.05, 3.63) is 28.7 Å². The molecule has 0 saturated carbocycles. The van der Waals surface area contributed by atoms with E-state index in [0.717, 1.165) is 22.2 Å². The monoisotopic (exact) mass is 406 g/mol. The van der Waals surface area contributed by atoms with Crippen LogP contribution in [-0.4, -0.2) is 64.4 Å². The summed E-state index contributed by atoms with van der Waals surface area (Å²) >= 11 is 1.78. The molecule has 1 heterocycles. The van der Waals surface area contributed by atoms with Gasteiger partial charge in [0.1, 0.15) is 6.54 Å². The molecule has 1 amide bonds. The van der Waals surface area contributed by atoms with Gasteiger partial charge in [0, 0.05) is 15.9 Å². The number of hydrogen-bond acceptors (Lipinski definition) is 3. The molecule has 1 aromatic heterocycles. The number of carbonyl (C=O) groups is 1. The normalized spacial score (nSPS) is 11.1. The van der Waals surface area contributed by atoms with Crippen molar-refractivity contribution in [1.82, 2.24) is 5.32 Å². The first-order chi connectivity index (χ1) is 10.8. The van der Waals surface area contributed by atoms with E-state index < -0.39 is 8.07 Å². The van der Waals surface area contributed by atoms with Crippen LogP contribution in [0.25, 0.3) is 0 Å². The molecular formula is C18H35ClN2O2SSi. The molecule has 4 nitrogen and oxygen atoms in total. The first kappa shape index (κ1) is 26.6. The predicted octanol–water partition coefficient (Wildman–Crippen LogP) is -0.485. The van der Waals surface area contributed by atoms with E-state index in [1.165, 1.54) is 9.38 Å². The Bertz CT molecular complexity index is 561. The fraction of sp³-hybridized carbons (Fsp3) is 0.611. The molecule has 1 aromatic rings. The SMILES string of the molecule is C=CCNC(=O)c1c([Si](C)(C)C)sc(C)c1C.C[N+](C)(C)CCO.[Cl-]. The van der Waals surface area contributed by atoms with Gasteiger partial charge < -0.3 is 27.3 Å². The number of carbonyl (C=O) groups excluding carboxylic acids is 1. The van der Waals surface area contributed by atoms with Crippen LogP contribution in [0, 0.1) is 13.8 Å². The molecular weight excluding hydrogens is 372 g/mol. The molecule has 0 aliphatic heterocycles. The van der Waals surface area contributed by atoms with E-state index >= 15 is 0 Å². The van der Waals surface area contributed by atoms with Gasteiger partial charge in [-0.2, -0.15) is 0 Å². The van der Waals surface area contributed by atoms with Gasteiger partial charge in [-0.3, -0.25) is 4.79 Å². The lowest BCUT2D eigenvalue weighted by Gasteiger charge is -2.21. The summed E-state index contributed by atoms with van der Waals surface area (Å²) in [4.78, 5) is 13.4. The van der Waals surface area contributed by atoms with Crippen LogP contribution in [0.15, 0.2) is 12.7 Å². The van der Waals surface area contributed by atoms with E-state index in [-0.39, 0.29) is 24.9 Å². The minimum absolute atomic E-state index is 0. The van der Waals surface area contributed by atoms with Crippen molar-refractivity contribution in [3.63, 3.8) is 0 Å². The second-order valence-electron chi connectivity index (χ2n) is 7.97. The van der Waals surface area contributed by atoms with Crippen LogP contribution in [0.4, 0.5) is 0 Å². The summed E-state index contributed by atoms with van der Waals surface area (Å²) in [5.74, 6) is 0.0455. The zero-order valence-electron chi connectivity index (χ0n) is 17.0. The lowest BCUT2D eigenvalue weighted by Crippen LogP contribution is -3.00. The third-order valence-corrected chi connectivity index (χ3v) is 8.25. The number of halogens is 1. The van der Waals surface area contributed by atoms with Crippen molar-refractivity contribution in [2.24, 2.45) is 0 Å². The molecule has 0 aliphatic rings. The number of aryl methyl sites for hydroxylation is 1. The Morgan fingerprint density at radius 2 is 1.80 bits per heavy atom. The van der Waals surface area contributed by atoms with E-state index in [9.17, 15) is 4.79 Å². The number of rotatable bonds is 6. The van der Waals surface area contributed by atoms with E-state index in [2.05, 4.69) is 59.6 Å². The van der Waals surface area contributed by atoms with Gasteiger partial charge in [0.2, 0.25) is 0 Å². The summed E-state index contributed by atoms with van der Waals surface area (Å²) in [6.07, 6.45) is 1.71. The maximum absolute atomic E-state index is 12.2. The zero-order valence-corrected chi connectivity index (χ0v) is 19.6. The number of nitrogens with zero attached hydrogens (tertiary/aromatic N) is 1. The van der Waals surface area contributed by atoms with E-state index in [0.29, 0.717) is 6.54 Å². The van der Waals surface area contributed by atoms with E-state index in [1.807, 2.05) is 6.92 Å². The van der Waals surface area contributed by atoms with Gasteiger partial charge in [-0.1, -0.05) is 25.7 Å². The highest BCUT2D eigenvalue weighted by atomic mass is 35.5. The van der Waals surface area contributed by atoms with Crippen LogP contribution >= 0.6 is 11.3 Å². The van der Waals surface area contributed by atoms with Crippen LogP contribution in [0.3, 0.4) is 0 Å². The third-order valence-electron chi connectivity index (χ3n) is 3.47. The van der Waals surface area contributed by atoms with Crippen LogP contribution in [0.2, 0.25) is 19.6 Å². The Hall–Kier alpha value is -0.663. The fourth-order valence-corrected chi connectivity index (χ4v) is 5.63. The zero-order chi connectivity index (χ0) is 19.1. The second kappa shape index (κ2) is 11.1. The van der Waals surface area contributed by atoms with Gasteiger partial charge in [-0.05, 0) is 19.4 Å². The van der Waals surface area contributed by atoms with Crippen molar-refractivity contribution in [2.75, 3.05) is 40.8 Å². The molecule has 0 aromatic carbocycles. The van der Waals surface area contributed by atoms with Crippen molar-refractivity contribution < 1.29 is 26.8 Å². The highest BCUT2D eigenvalue weighted by molar-refractivity contribution is 7.27. The van der Waals surface area contributed by atoms with E-state index in [4.69, 9.17) is 5.11 Å². The number of quaternary nitrogens is 1. The molecule has 0 fully saturated rings. The molecule has 1 rings (SSSR count). The van der Waals surface area contributed by atoms with Crippen molar-refractivity contribution in [2.45, 2.75) is 33.5 Å². The second-order valence-corrected chi connectivity index (χ2v) is 14.6. The van der Waals surface area contributed by atoms with Crippen molar-refractivity contribution in [1.29, 1.82) is 0 Å². The van der Waals surface area contributed by atoms with Gasteiger partial charge in [-0.25, -0.2) is 0 Å². The predicted molar refractivity (Wildman–Crippen MR) is 109 cm³/mol. The number of amides is 1. The van der Waals surface area contributed by atoms with Crippen LogP contribution in [-0.2, 0) is 0 Å². The van der Waals surface area contributed by atoms with Crippen LogP contribution < -0.4 is 22.2 Å². The molecule has 7 heteroatoms. The van der Waals surface area contributed by atoms with Crippen LogP contribution in [0.5, 0.6) is 0 Å². The minimum Gasteiger partial charge on any atom is -1.00 e. The van der Waals surface area contributed by atoms with Gasteiger partial charge in [0.15, 0.2) is 0 Å². The Morgan fingerprint density at radius 1 is 1.28 bits per heavy atom. The Labute approximate surface area is 165 Å². The molecule has 0 bridgehead atoms. The van der Waals surface area contributed by atoms with Gasteiger partial charge in [0.25, 0.3) is 5.91 Å². The lowest BCUT2D eigenvalue weighted by molar-refractivity contribution is -0.870.